The van der Waals surface area contributed by atoms with Gasteiger partial charge in [0.2, 0.25) is 0 Å². The van der Waals surface area contributed by atoms with Gasteiger partial charge in [-0.1, -0.05) is 19.9 Å². The molecule has 0 spiro atoms. The first kappa shape index (κ1) is 25.9. The van der Waals surface area contributed by atoms with Gasteiger partial charge < -0.3 is 19.1 Å². The molecule has 202 valence electrons. The number of halogens is 1. The summed E-state index contributed by atoms with van der Waals surface area (Å²) in [6.45, 7) is 6.20. The van der Waals surface area contributed by atoms with Crippen LogP contribution in [0.3, 0.4) is 0 Å². The number of Topliss-reactive ketones (excluding diaryl/α,β-unsaturated/α-hetero) is 1. The fraction of sp³-hybridized carbons (Fsp3) is 0.760. The van der Waals surface area contributed by atoms with Gasteiger partial charge in [0.05, 0.1) is 6.10 Å². The SMILES string of the molecule is CC[C@]12C=CC(=O)C=C1[C@@H](F)CC1C2[C@@H](ON=O)C[C@@]2(C)[C@H]1C[C@H]1OC(C)(C)O[C@]12C(=O)CO[N+](=O)[O-]. The van der Waals surface area contributed by atoms with E-state index < -0.39 is 64.0 Å². The van der Waals surface area contributed by atoms with Gasteiger partial charge in [-0.3, -0.25) is 9.59 Å². The molecule has 2 unspecified atom stereocenters. The molecule has 1 aliphatic heterocycles. The van der Waals surface area contributed by atoms with Crippen LogP contribution in [0.5, 0.6) is 0 Å². The fourth-order valence-electron chi connectivity index (χ4n) is 8.62. The predicted molar refractivity (Wildman–Crippen MR) is 124 cm³/mol. The van der Waals surface area contributed by atoms with E-state index >= 15 is 4.39 Å². The number of ether oxygens (including phenoxy) is 2. The summed E-state index contributed by atoms with van der Waals surface area (Å²) in [5.41, 5.74) is -3.16. The topological polar surface area (TPSA) is 144 Å². The van der Waals surface area contributed by atoms with Crippen molar-refractivity contribution in [1.82, 2.24) is 0 Å². The second-order valence-electron chi connectivity index (χ2n) is 11.6. The Morgan fingerprint density at radius 1 is 1.32 bits per heavy atom. The largest absolute Gasteiger partial charge is 0.360 e. The molecule has 1 saturated heterocycles. The third kappa shape index (κ3) is 3.44. The number of alkyl halides is 1. The van der Waals surface area contributed by atoms with E-state index in [0.29, 0.717) is 18.4 Å². The number of carbonyl (C=O) groups excluding carboxylic acids is 2. The van der Waals surface area contributed by atoms with Gasteiger partial charge in [0, 0.05) is 16.7 Å². The molecule has 0 radical (unpaired) electrons. The van der Waals surface area contributed by atoms with E-state index in [2.05, 4.69) is 10.2 Å². The van der Waals surface area contributed by atoms with Gasteiger partial charge in [-0.25, -0.2) is 4.39 Å². The molecular formula is C25H31FN2O9. The Labute approximate surface area is 212 Å². The highest BCUT2D eigenvalue weighted by Crippen LogP contribution is 2.71. The molecule has 5 aliphatic rings. The van der Waals surface area contributed by atoms with Crippen LogP contribution >= 0.6 is 0 Å². The molecule has 0 N–H and O–H groups in total. The first-order valence-corrected chi connectivity index (χ1v) is 12.6. The lowest BCUT2D eigenvalue weighted by Gasteiger charge is -2.60. The summed E-state index contributed by atoms with van der Waals surface area (Å²) < 4.78 is 28.4. The first-order valence-electron chi connectivity index (χ1n) is 12.6. The second kappa shape index (κ2) is 8.39. The summed E-state index contributed by atoms with van der Waals surface area (Å²) in [5.74, 6) is -3.19. The molecule has 0 amide bonds. The van der Waals surface area contributed by atoms with Crippen molar-refractivity contribution in [2.24, 2.45) is 33.9 Å². The lowest BCUT2D eigenvalue weighted by Crippen LogP contribution is -2.65. The molecule has 0 aromatic carbocycles. The van der Waals surface area contributed by atoms with Crippen molar-refractivity contribution in [3.63, 3.8) is 0 Å². The molecule has 0 aromatic rings. The van der Waals surface area contributed by atoms with Crippen LogP contribution in [0.2, 0.25) is 0 Å². The average Bonchev–Trinajstić information content (AvgIpc) is 3.24. The summed E-state index contributed by atoms with van der Waals surface area (Å²) in [5, 5.41) is 12.6. The van der Waals surface area contributed by atoms with Crippen molar-refractivity contribution in [2.45, 2.75) is 83.1 Å². The zero-order valence-electron chi connectivity index (χ0n) is 21.2. The standard InChI is InChI=1S/C25H31FN2O9/c1-5-24-7-6-13(29)8-16(24)17(26)9-14-15-10-20-25(37-22(2,3)35-20,19(30)12-34-28(32)33)23(15,4)11-18(21(14)24)36-27-31/h6-8,14-15,17-18,20-21H,5,9-12H2,1-4H3/t14?,15-,17-,18-,20+,21?,23-,24-,25+/m0/s1. The summed E-state index contributed by atoms with van der Waals surface area (Å²) in [4.78, 5) is 58.1. The van der Waals surface area contributed by atoms with Gasteiger partial charge in [-0.15, -0.1) is 15.0 Å². The van der Waals surface area contributed by atoms with Crippen molar-refractivity contribution in [3.05, 3.63) is 38.8 Å². The number of ketones is 2. The molecule has 0 aromatic heterocycles. The molecule has 4 fully saturated rings. The maximum Gasteiger partial charge on any atom is 0.294 e. The van der Waals surface area contributed by atoms with Crippen molar-refractivity contribution in [3.8, 4) is 0 Å². The number of allylic oxidation sites excluding steroid dienone is 4. The fourth-order valence-corrected chi connectivity index (χ4v) is 8.62. The average molecular weight is 523 g/mol. The quantitative estimate of drug-likeness (QED) is 0.278. The molecule has 5 rings (SSSR count). The minimum absolute atomic E-state index is 0.0596. The Morgan fingerprint density at radius 2 is 2.05 bits per heavy atom. The number of nitrogens with zero attached hydrogens (tertiary/aromatic N) is 2. The van der Waals surface area contributed by atoms with Crippen LogP contribution in [-0.4, -0.2) is 53.0 Å². The van der Waals surface area contributed by atoms with E-state index in [1.54, 1.807) is 19.9 Å². The highest BCUT2D eigenvalue weighted by molar-refractivity contribution is 6.01. The van der Waals surface area contributed by atoms with Gasteiger partial charge in [-0.05, 0) is 69.1 Å². The van der Waals surface area contributed by atoms with Crippen LogP contribution in [0.15, 0.2) is 29.1 Å². The summed E-state index contributed by atoms with van der Waals surface area (Å²) >= 11 is 0. The van der Waals surface area contributed by atoms with Crippen LogP contribution in [0.25, 0.3) is 0 Å². The summed E-state index contributed by atoms with van der Waals surface area (Å²) in [6.07, 6.45) is 2.52. The molecule has 37 heavy (non-hydrogen) atoms. The van der Waals surface area contributed by atoms with E-state index in [1.807, 2.05) is 13.8 Å². The highest BCUT2D eigenvalue weighted by atomic mass is 19.1. The van der Waals surface area contributed by atoms with Gasteiger partial charge in [0.1, 0.15) is 12.3 Å². The minimum Gasteiger partial charge on any atom is -0.360 e. The maximum atomic E-state index is 15.9. The molecule has 3 saturated carbocycles. The maximum absolute atomic E-state index is 15.9. The second-order valence-corrected chi connectivity index (χ2v) is 11.6. The third-order valence-corrected chi connectivity index (χ3v) is 9.70. The van der Waals surface area contributed by atoms with Gasteiger partial charge >= 0.3 is 0 Å². The van der Waals surface area contributed by atoms with Gasteiger partial charge in [-0.2, -0.15) is 0 Å². The Morgan fingerprint density at radius 3 is 2.70 bits per heavy atom. The molecule has 9 atom stereocenters. The van der Waals surface area contributed by atoms with Crippen molar-refractivity contribution >= 4 is 11.6 Å². The van der Waals surface area contributed by atoms with Gasteiger partial charge in [0.25, 0.3) is 5.09 Å². The number of carbonyl (C=O) groups is 2. The molecule has 12 heteroatoms. The van der Waals surface area contributed by atoms with E-state index in [0.717, 1.165) is 0 Å². The molecular weight excluding hydrogens is 491 g/mol. The zero-order chi connectivity index (χ0) is 27.0. The van der Waals surface area contributed by atoms with Crippen molar-refractivity contribution in [2.75, 3.05) is 6.61 Å². The number of fused-ring (bicyclic) bond motifs is 7. The molecule has 4 aliphatic carbocycles. The van der Waals surface area contributed by atoms with E-state index in [1.165, 1.54) is 12.2 Å². The molecule has 11 nitrogen and oxygen atoms in total. The molecule has 0 bridgehead atoms. The van der Waals surface area contributed by atoms with Crippen LogP contribution < -0.4 is 0 Å². The Balaban J connectivity index is 1.64. The summed E-state index contributed by atoms with van der Waals surface area (Å²) in [6, 6.07) is 0. The number of hydrogen-bond acceptors (Lipinski definition) is 10. The van der Waals surface area contributed by atoms with Crippen LogP contribution in [0.4, 0.5) is 4.39 Å². The molecule has 1 heterocycles. The summed E-state index contributed by atoms with van der Waals surface area (Å²) in [7, 11) is 0. The Kier molecular flexibility index (Phi) is 5.87. The third-order valence-electron chi connectivity index (χ3n) is 9.70. The Hall–Kier alpha value is -2.73. The minimum atomic E-state index is -1.63. The first-order chi connectivity index (χ1) is 17.3. The smallest absolute Gasteiger partial charge is 0.294 e. The van der Waals surface area contributed by atoms with E-state index in [9.17, 15) is 24.6 Å². The lowest BCUT2D eigenvalue weighted by molar-refractivity contribution is -0.754. The number of hydrogen-bond donors (Lipinski definition) is 0. The van der Waals surface area contributed by atoms with Crippen LogP contribution in [0, 0.1) is 43.6 Å². The lowest BCUT2D eigenvalue weighted by atomic mass is 9.45. The van der Waals surface area contributed by atoms with E-state index in [-0.39, 0.29) is 30.5 Å². The number of rotatable bonds is 7. The normalized spacial score (nSPS) is 45.1. The zero-order valence-corrected chi connectivity index (χ0v) is 21.2. The van der Waals surface area contributed by atoms with Crippen LogP contribution in [0.1, 0.15) is 53.4 Å². The van der Waals surface area contributed by atoms with Crippen molar-refractivity contribution in [1.29, 1.82) is 0 Å². The van der Waals surface area contributed by atoms with Crippen LogP contribution in [-0.2, 0) is 28.7 Å². The van der Waals surface area contributed by atoms with E-state index in [4.69, 9.17) is 14.3 Å². The van der Waals surface area contributed by atoms with Gasteiger partial charge in [0.15, 0.2) is 34.9 Å². The highest BCUT2D eigenvalue weighted by Gasteiger charge is 2.78. The Bertz CT molecular complexity index is 1110. The predicted octanol–water partition coefficient (Wildman–Crippen LogP) is 3.59. The van der Waals surface area contributed by atoms with Crippen molar-refractivity contribution < 1.29 is 38.2 Å². The monoisotopic (exact) mass is 522 g/mol.